The molecular formula is C27H20Cl2N6O3. The Hall–Kier alpha value is -4.21. The summed E-state index contributed by atoms with van der Waals surface area (Å²) in [5.74, 6) is -0.585. The maximum Gasteiger partial charge on any atom is 0.328 e. The van der Waals surface area contributed by atoms with Crippen molar-refractivity contribution in [3.63, 3.8) is 0 Å². The number of H-pyrrole nitrogens is 2. The molecule has 0 radical (unpaired) electrons. The SMILES string of the molecule is COC(=O)[C@H]1Cc2c([nH]c3ccccc23)C(c2cccc(Cl)c2Cl)N1C(=O)c1cccc(-c2nn[nH]n2)c1. The van der Waals surface area contributed by atoms with E-state index in [-0.39, 0.29) is 6.42 Å². The lowest BCUT2D eigenvalue weighted by molar-refractivity contribution is -0.147. The zero-order chi connectivity index (χ0) is 26.4. The first-order chi connectivity index (χ1) is 18.5. The minimum absolute atomic E-state index is 0.261. The summed E-state index contributed by atoms with van der Waals surface area (Å²) < 4.78 is 5.20. The lowest BCUT2D eigenvalue weighted by atomic mass is 9.87. The molecule has 9 nitrogen and oxygen atoms in total. The van der Waals surface area contributed by atoms with Crippen molar-refractivity contribution in [1.29, 1.82) is 0 Å². The van der Waals surface area contributed by atoms with E-state index in [2.05, 4.69) is 25.6 Å². The fourth-order valence-corrected chi connectivity index (χ4v) is 5.55. The van der Waals surface area contributed by atoms with E-state index in [0.717, 1.165) is 22.2 Å². The summed E-state index contributed by atoms with van der Waals surface area (Å²) >= 11 is 13.2. The van der Waals surface area contributed by atoms with E-state index in [1.165, 1.54) is 12.0 Å². The number of para-hydroxylation sites is 1. The van der Waals surface area contributed by atoms with Gasteiger partial charge in [0.15, 0.2) is 0 Å². The smallest absolute Gasteiger partial charge is 0.328 e. The largest absolute Gasteiger partial charge is 0.467 e. The van der Waals surface area contributed by atoms with Gasteiger partial charge in [0.2, 0.25) is 5.82 Å². The fraction of sp³-hybridized carbons (Fsp3) is 0.148. The first kappa shape index (κ1) is 24.1. The van der Waals surface area contributed by atoms with Crippen molar-refractivity contribution < 1.29 is 14.3 Å². The number of halogens is 2. The van der Waals surface area contributed by atoms with Gasteiger partial charge in [0.25, 0.3) is 5.91 Å². The monoisotopic (exact) mass is 546 g/mol. The highest BCUT2D eigenvalue weighted by atomic mass is 35.5. The highest BCUT2D eigenvalue weighted by molar-refractivity contribution is 6.42. The number of methoxy groups -OCH3 is 1. The zero-order valence-electron chi connectivity index (χ0n) is 20.0. The van der Waals surface area contributed by atoms with Crippen molar-refractivity contribution in [3.8, 4) is 11.4 Å². The van der Waals surface area contributed by atoms with Gasteiger partial charge in [-0.2, -0.15) is 5.21 Å². The number of aromatic amines is 2. The zero-order valence-corrected chi connectivity index (χ0v) is 21.5. The Kier molecular flexibility index (Phi) is 6.09. The molecule has 6 rings (SSSR count). The van der Waals surface area contributed by atoms with E-state index >= 15 is 0 Å². The molecule has 0 saturated carbocycles. The van der Waals surface area contributed by atoms with Crippen LogP contribution in [-0.2, 0) is 16.0 Å². The van der Waals surface area contributed by atoms with E-state index in [4.69, 9.17) is 27.9 Å². The summed E-state index contributed by atoms with van der Waals surface area (Å²) in [6.07, 6.45) is 0.261. The molecule has 0 bridgehead atoms. The molecule has 3 heterocycles. The van der Waals surface area contributed by atoms with Crippen molar-refractivity contribution in [2.75, 3.05) is 7.11 Å². The molecule has 11 heteroatoms. The predicted octanol–water partition coefficient (Wildman–Crippen LogP) is 4.98. The van der Waals surface area contributed by atoms with Crippen LogP contribution in [0.15, 0.2) is 66.7 Å². The predicted molar refractivity (Wildman–Crippen MR) is 142 cm³/mol. The summed E-state index contributed by atoms with van der Waals surface area (Å²) in [7, 11) is 1.31. The average molecular weight is 547 g/mol. The lowest BCUT2D eigenvalue weighted by Crippen LogP contribution is -2.52. The van der Waals surface area contributed by atoms with Crippen LogP contribution in [0.1, 0.15) is 33.2 Å². The molecule has 2 atom stereocenters. The highest BCUT2D eigenvalue weighted by Gasteiger charge is 2.45. The Balaban J connectivity index is 1.58. The number of benzene rings is 3. The number of carbonyl (C=O) groups is 2. The normalized spacial score (nSPS) is 16.9. The topological polar surface area (TPSA) is 117 Å². The molecule has 190 valence electrons. The number of nitrogens with zero attached hydrogens (tertiary/aromatic N) is 4. The standard InChI is InChI=1S/C27H20Cl2N6O3/c1-38-27(37)21-13-18-16-8-2-3-11-20(16)30-23(18)24(17-9-5-10-19(28)22(17)29)35(21)26(36)15-7-4-6-14(12-15)25-31-33-34-32-25/h2-12,21,24,30H,13H2,1H3,(H,31,32,33,34)/t21-,24?/m1/s1. The van der Waals surface area contributed by atoms with Crippen LogP contribution >= 0.6 is 23.2 Å². The molecule has 2 aromatic heterocycles. The molecule has 5 aromatic rings. The lowest BCUT2D eigenvalue weighted by Gasteiger charge is -2.41. The first-order valence-corrected chi connectivity index (χ1v) is 12.5. The molecule has 3 aromatic carbocycles. The van der Waals surface area contributed by atoms with E-state index in [0.29, 0.717) is 32.6 Å². The van der Waals surface area contributed by atoms with Gasteiger partial charge in [-0.1, -0.05) is 65.7 Å². The van der Waals surface area contributed by atoms with Gasteiger partial charge in [-0.05, 0) is 35.0 Å². The summed E-state index contributed by atoms with van der Waals surface area (Å²) in [6.45, 7) is 0. The minimum atomic E-state index is -0.923. The van der Waals surface area contributed by atoms with Gasteiger partial charge < -0.3 is 14.6 Å². The number of esters is 1. The van der Waals surface area contributed by atoms with E-state index < -0.39 is 24.0 Å². The maximum absolute atomic E-state index is 14.3. The summed E-state index contributed by atoms with van der Waals surface area (Å²) in [5.41, 5.74) is 4.09. The number of ether oxygens (including phenoxy) is 1. The van der Waals surface area contributed by atoms with Gasteiger partial charge in [-0.25, -0.2) is 4.79 Å². The van der Waals surface area contributed by atoms with Crippen LogP contribution in [0.4, 0.5) is 0 Å². The third-order valence-corrected chi connectivity index (χ3v) is 7.66. The van der Waals surface area contributed by atoms with Gasteiger partial charge in [0, 0.05) is 39.7 Å². The Morgan fingerprint density at radius 3 is 2.66 bits per heavy atom. The number of tetrazole rings is 1. The van der Waals surface area contributed by atoms with Crippen LogP contribution in [-0.4, -0.2) is 55.5 Å². The summed E-state index contributed by atoms with van der Waals surface area (Å²) in [4.78, 5) is 32.6. The van der Waals surface area contributed by atoms with Crippen LogP contribution in [0.25, 0.3) is 22.3 Å². The van der Waals surface area contributed by atoms with Gasteiger partial charge in [-0.3, -0.25) is 4.79 Å². The molecule has 0 aliphatic carbocycles. The number of hydrogen-bond donors (Lipinski definition) is 2. The van der Waals surface area contributed by atoms with E-state index in [1.54, 1.807) is 36.4 Å². The van der Waals surface area contributed by atoms with Crippen molar-refractivity contribution in [2.24, 2.45) is 0 Å². The summed E-state index contributed by atoms with van der Waals surface area (Å²) in [5, 5.41) is 15.6. The van der Waals surface area contributed by atoms with Crippen LogP contribution in [0, 0.1) is 0 Å². The second kappa shape index (κ2) is 9.59. The van der Waals surface area contributed by atoms with Gasteiger partial charge in [0.05, 0.1) is 17.2 Å². The first-order valence-electron chi connectivity index (χ1n) is 11.8. The number of amides is 1. The van der Waals surface area contributed by atoms with Crippen molar-refractivity contribution in [2.45, 2.75) is 18.5 Å². The number of fused-ring (bicyclic) bond motifs is 3. The second-order valence-corrected chi connectivity index (χ2v) is 9.67. The molecule has 1 unspecified atom stereocenters. The Bertz CT molecular complexity index is 1680. The minimum Gasteiger partial charge on any atom is -0.467 e. The Labute approximate surface area is 226 Å². The van der Waals surface area contributed by atoms with Crippen LogP contribution in [0.5, 0.6) is 0 Å². The Morgan fingerprint density at radius 1 is 1.05 bits per heavy atom. The number of hydrogen-bond acceptors (Lipinski definition) is 6. The summed E-state index contributed by atoms with van der Waals surface area (Å²) in [6, 6.07) is 18.2. The van der Waals surface area contributed by atoms with Crippen LogP contribution < -0.4 is 0 Å². The number of nitrogens with one attached hydrogen (secondary N) is 2. The van der Waals surface area contributed by atoms with Gasteiger partial charge >= 0.3 is 5.97 Å². The van der Waals surface area contributed by atoms with Crippen molar-refractivity contribution in [3.05, 3.63) is 99.2 Å². The van der Waals surface area contributed by atoms with Gasteiger partial charge in [0.1, 0.15) is 12.1 Å². The molecule has 2 N–H and O–H groups in total. The van der Waals surface area contributed by atoms with Crippen LogP contribution in [0.3, 0.4) is 0 Å². The molecule has 38 heavy (non-hydrogen) atoms. The molecule has 1 aliphatic heterocycles. The van der Waals surface area contributed by atoms with Crippen molar-refractivity contribution >= 4 is 46.0 Å². The third kappa shape index (κ3) is 3.91. The number of carbonyl (C=O) groups excluding carboxylic acids is 2. The fourth-order valence-electron chi connectivity index (χ4n) is 5.14. The number of aromatic nitrogens is 5. The molecule has 0 spiro atoms. The Morgan fingerprint density at radius 2 is 1.87 bits per heavy atom. The number of rotatable bonds is 4. The second-order valence-electron chi connectivity index (χ2n) is 8.88. The average Bonchev–Trinajstić information content (AvgIpc) is 3.61. The van der Waals surface area contributed by atoms with Crippen molar-refractivity contribution in [1.82, 2.24) is 30.5 Å². The maximum atomic E-state index is 14.3. The molecule has 0 fully saturated rings. The molecule has 1 amide bonds. The third-order valence-electron chi connectivity index (χ3n) is 6.83. The van der Waals surface area contributed by atoms with E-state index in [9.17, 15) is 9.59 Å². The highest BCUT2D eigenvalue weighted by Crippen LogP contribution is 2.45. The van der Waals surface area contributed by atoms with E-state index in [1.807, 2.05) is 30.3 Å². The quantitative estimate of drug-likeness (QED) is 0.307. The molecule has 1 aliphatic rings. The van der Waals surface area contributed by atoms with Gasteiger partial charge in [-0.15, -0.1) is 10.2 Å². The van der Waals surface area contributed by atoms with Crippen LogP contribution in [0.2, 0.25) is 10.0 Å². The molecular weight excluding hydrogens is 527 g/mol. The molecule has 0 saturated heterocycles.